The Kier molecular flexibility index (Phi) is 4.08. The quantitative estimate of drug-likeness (QED) is 0.734. The van der Waals surface area contributed by atoms with Crippen LogP contribution in [0.25, 0.3) is 0 Å². The first-order chi connectivity index (χ1) is 7.24. The maximum atomic E-state index is 5.47. The Morgan fingerprint density at radius 2 is 2.07 bits per heavy atom. The number of hydrogen-bond donors (Lipinski definition) is 0. The van der Waals surface area contributed by atoms with Crippen molar-refractivity contribution in [2.24, 2.45) is 11.3 Å². The molecule has 0 radical (unpaired) electrons. The topological polar surface area (TPSA) is 12.5 Å². The second kappa shape index (κ2) is 5.15. The molecule has 1 atom stereocenters. The van der Waals surface area contributed by atoms with Gasteiger partial charge in [0.1, 0.15) is 0 Å². The zero-order chi connectivity index (χ0) is 10.7. The van der Waals surface area contributed by atoms with Gasteiger partial charge in [0.2, 0.25) is 0 Å². The van der Waals surface area contributed by atoms with Gasteiger partial charge in [-0.15, -0.1) is 0 Å². The van der Waals surface area contributed by atoms with Crippen LogP contribution in [0.5, 0.6) is 0 Å². The van der Waals surface area contributed by atoms with E-state index in [1.54, 1.807) is 0 Å². The van der Waals surface area contributed by atoms with Crippen molar-refractivity contribution >= 4 is 15.9 Å². The molecule has 2 aliphatic heterocycles. The largest absolute Gasteiger partial charge is 0.381 e. The van der Waals surface area contributed by atoms with Gasteiger partial charge in [-0.25, -0.2) is 0 Å². The summed E-state index contributed by atoms with van der Waals surface area (Å²) in [6.07, 6.45) is 3.96. The molecular formula is C12H22BrNO. The first-order valence-electron chi connectivity index (χ1n) is 6.10. The minimum absolute atomic E-state index is 0.615. The molecule has 1 unspecified atom stereocenters. The van der Waals surface area contributed by atoms with Crippen LogP contribution in [0.15, 0.2) is 0 Å². The van der Waals surface area contributed by atoms with Gasteiger partial charge in [0.05, 0.1) is 0 Å². The zero-order valence-corrected chi connectivity index (χ0v) is 11.3. The first-order valence-corrected chi connectivity index (χ1v) is 7.22. The average molecular weight is 276 g/mol. The fourth-order valence-electron chi connectivity index (χ4n) is 2.89. The molecule has 2 heterocycles. The van der Waals surface area contributed by atoms with Crippen molar-refractivity contribution in [3.8, 4) is 0 Å². The minimum atomic E-state index is 0.615. The van der Waals surface area contributed by atoms with E-state index in [-0.39, 0.29) is 0 Å². The van der Waals surface area contributed by atoms with Crippen LogP contribution in [-0.2, 0) is 4.74 Å². The maximum absolute atomic E-state index is 5.47. The predicted molar refractivity (Wildman–Crippen MR) is 66.5 cm³/mol. The Balaban J connectivity index is 1.82. The number of nitrogens with zero attached hydrogens (tertiary/aromatic N) is 1. The summed E-state index contributed by atoms with van der Waals surface area (Å²) in [6, 6.07) is 0. The molecule has 2 saturated heterocycles. The number of rotatable bonds is 3. The van der Waals surface area contributed by atoms with Crippen molar-refractivity contribution in [2.45, 2.75) is 26.2 Å². The molecular weight excluding hydrogens is 254 g/mol. The fraction of sp³-hybridized carbons (Fsp3) is 1.00. The van der Waals surface area contributed by atoms with Gasteiger partial charge in [-0.2, -0.15) is 0 Å². The maximum Gasteiger partial charge on any atom is 0.0471 e. The predicted octanol–water partition coefficient (Wildman–Crippen LogP) is 2.52. The van der Waals surface area contributed by atoms with Gasteiger partial charge in [-0.1, -0.05) is 22.9 Å². The average Bonchev–Trinajstić information content (AvgIpc) is 2.62. The van der Waals surface area contributed by atoms with Crippen LogP contribution in [0.2, 0.25) is 0 Å². The monoisotopic (exact) mass is 275 g/mol. The minimum Gasteiger partial charge on any atom is -0.381 e. The normalized spacial score (nSPS) is 28.4. The molecule has 1 spiro atoms. The SMILES string of the molecule is CC(CBr)CN1CCC2(CCOCC2)C1. The number of hydrogen-bond acceptors (Lipinski definition) is 2. The molecule has 0 bridgehead atoms. The van der Waals surface area contributed by atoms with Gasteiger partial charge < -0.3 is 9.64 Å². The lowest BCUT2D eigenvalue weighted by molar-refractivity contribution is 0.0190. The van der Waals surface area contributed by atoms with Crippen LogP contribution in [0.3, 0.4) is 0 Å². The molecule has 2 aliphatic rings. The molecule has 3 heteroatoms. The number of likely N-dealkylation sites (tertiary alicyclic amines) is 1. The van der Waals surface area contributed by atoms with Crippen LogP contribution >= 0.6 is 15.9 Å². The molecule has 88 valence electrons. The summed E-state index contributed by atoms with van der Waals surface area (Å²) in [6.45, 7) is 8.17. The number of alkyl halides is 1. The van der Waals surface area contributed by atoms with Gasteiger partial charge >= 0.3 is 0 Å². The molecule has 2 rings (SSSR count). The Morgan fingerprint density at radius 1 is 1.33 bits per heavy atom. The number of halogens is 1. The summed E-state index contributed by atoms with van der Waals surface area (Å²) in [5.74, 6) is 0.778. The van der Waals surface area contributed by atoms with Crippen molar-refractivity contribution in [1.82, 2.24) is 4.90 Å². The Labute approximate surface area is 101 Å². The van der Waals surface area contributed by atoms with Crippen molar-refractivity contribution < 1.29 is 4.74 Å². The van der Waals surface area contributed by atoms with Gasteiger partial charge in [0, 0.05) is 31.6 Å². The fourth-order valence-corrected chi connectivity index (χ4v) is 3.09. The highest BCUT2D eigenvalue weighted by molar-refractivity contribution is 9.09. The van der Waals surface area contributed by atoms with Crippen LogP contribution < -0.4 is 0 Å². The zero-order valence-electron chi connectivity index (χ0n) is 9.67. The first kappa shape index (κ1) is 11.9. The Bertz CT molecular complexity index is 204. The number of ether oxygens (including phenoxy) is 1. The smallest absolute Gasteiger partial charge is 0.0471 e. The summed E-state index contributed by atoms with van der Waals surface area (Å²) in [5.41, 5.74) is 0.615. The van der Waals surface area contributed by atoms with E-state index in [9.17, 15) is 0 Å². The van der Waals surface area contributed by atoms with Crippen LogP contribution in [0, 0.1) is 11.3 Å². The molecule has 0 aromatic heterocycles. The molecule has 0 aromatic carbocycles. The Morgan fingerprint density at radius 3 is 2.73 bits per heavy atom. The van der Waals surface area contributed by atoms with Crippen LogP contribution in [0.1, 0.15) is 26.2 Å². The third-order valence-electron chi connectivity index (χ3n) is 3.90. The molecule has 0 aliphatic carbocycles. The lowest BCUT2D eigenvalue weighted by Crippen LogP contribution is -2.34. The van der Waals surface area contributed by atoms with E-state index < -0.39 is 0 Å². The van der Waals surface area contributed by atoms with E-state index in [2.05, 4.69) is 27.8 Å². The van der Waals surface area contributed by atoms with Crippen LogP contribution in [0.4, 0.5) is 0 Å². The standard InChI is InChI=1S/C12H22BrNO/c1-11(8-13)9-14-5-2-12(10-14)3-6-15-7-4-12/h11H,2-10H2,1H3. The van der Waals surface area contributed by atoms with Crippen molar-refractivity contribution in [3.05, 3.63) is 0 Å². The lowest BCUT2D eigenvalue weighted by atomic mass is 9.80. The molecule has 0 saturated carbocycles. The van der Waals surface area contributed by atoms with Gasteiger partial charge in [-0.3, -0.25) is 0 Å². The summed E-state index contributed by atoms with van der Waals surface area (Å²) in [5, 5.41) is 1.12. The van der Waals surface area contributed by atoms with E-state index in [4.69, 9.17) is 4.74 Å². The van der Waals surface area contributed by atoms with Gasteiger partial charge in [-0.05, 0) is 37.1 Å². The third-order valence-corrected chi connectivity index (χ3v) is 5.01. The lowest BCUT2D eigenvalue weighted by Gasteiger charge is -2.33. The molecule has 0 N–H and O–H groups in total. The molecule has 15 heavy (non-hydrogen) atoms. The highest BCUT2D eigenvalue weighted by Crippen LogP contribution is 2.39. The molecule has 0 aromatic rings. The van der Waals surface area contributed by atoms with Gasteiger partial charge in [0.15, 0.2) is 0 Å². The summed E-state index contributed by atoms with van der Waals surface area (Å²) in [7, 11) is 0. The summed E-state index contributed by atoms with van der Waals surface area (Å²) < 4.78 is 5.47. The summed E-state index contributed by atoms with van der Waals surface area (Å²) in [4.78, 5) is 2.65. The molecule has 0 amide bonds. The third kappa shape index (κ3) is 2.95. The molecule has 2 nitrogen and oxygen atoms in total. The van der Waals surface area contributed by atoms with Crippen LogP contribution in [-0.4, -0.2) is 43.1 Å². The molecule has 2 fully saturated rings. The van der Waals surface area contributed by atoms with E-state index in [0.29, 0.717) is 5.41 Å². The van der Waals surface area contributed by atoms with Crippen molar-refractivity contribution in [3.63, 3.8) is 0 Å². The highest BCUT2D eigenvalue weighted by Gasteiger charge is 2.39. The van der Waals surface area contributed by atoms with E-state index in [1.165, 1.54) is 38.9 Å². The second-order valence-electron chi connectivity index (χ2n) is 5.36. The summed E-state index contributed by atoms with van der Waals surface area (Å²) >= 11 is 3.56. The van der Waals surface area contributed by atoms with E-state index in [0.717, 1.165) is 24.5 Å². The van der Waals surface area contributed by atoms with Crippen molar-refractivity contribution in [2.75, 3.05) is 38.2 Å². The van der Waals surface area contributed by atoms with Crippen molar-refractivity contribution in [1.29, 1.82) is 0 Å². The Hall–Kier alpha value is 0.400. The second-order valence-corrected chi connectivity index (χ2v) is 6.00. The van der Waals surface area contributed by atoms with E-state index >= 15 is 0 Å². The highest BCUT2D eigenvalue weighted by atomic mass is 79.9. The van der Waals surface area contributed by atoms with Gasteiger partial charge in [0.25, 0.3) is 0 Å². The van der Waals surface area contributed by atoms with E-state index in [1.807, 2.05) is 0 Å².